The normalized spacial score (nSPS) is 21.3. The first-order valence-corrected chi connectivity index (χ1v) is 7.74. The third-order valence-electron chi connectivity index (χ3n) is 4.57. The van der Waals surface area contributed by atoms with E-state index in [0.29, 0.717) is 23.8 Å². The Morgan fingerprint density at radius 1 is 1.41 bits per heavy atom. The predicted molar refractivity (Wildman–Crippen MR) is 85.6 cm³/mol. The number of benzene rings is 1. The highest BCUT2D eigenvalue weighted by Crippen LogP contribution is 2.34. The van der Waals surface area contributed by atoms with Gasteiger partial charge in [-0.25, -0.2) is 0 Å². The highest BCUT2D eigenvalue weighted by molar-refractivity contribution is 5.94. The summed E-state index contributed by atoms with van der Waals surface area (Å²) in [5.41, 5.74) is 8.78. The zero-order chi connectivity index (χ0) is 15.7. The van der Waals surface area contributed by atoms with Gasteiger partial charge in [-0.15, -0.1) is 0 Å². The number of carbonyl (C=O) groups is 1. The third-order valence-corrected chi connectivity index (χ3v) is 4.57. The summed E-state index contributed by atoms with van der Waals surface area (Å²) in [7, 11) is 0. The summed E-state index contributed by atoms with van der Waals surface area (Å²) in [5.74, 6) is 1.08. The van der Waals surface area contributed by atoms with Gasteiger partial charge in [0.05, 0.1) is 12.1 Å². The summed E-state index contributed by atoms with van der Waals surface area (Å²) in [4.78, 5) is 14.6. The van der Waals surface area contributed by atoms with E-state index in [9.17, 15) is 4.79 Å². The Morgan fingerprint density at radius 3 is 2.86 bits per heavy atom. The molecule has 2 aromatic rings. The fourth-order valence-corrected chi connectivity index (χ4v) is 3.35. The summed E-state index contributed by atoms with van der Waals surface area (Å²) in [5, 5.41) is 0. The Labute approximate surface area is 130 Å². The van der Waals surface area contributed by atoms with E-state index in [1.165, 1.54) is 17.4 Å². The largest absolute Gasteiger partial charge is 0.467 e. The first-order valence-electron chi connectivity index (χ1n) is 7.74. The molecule has 4 nitrogen and oxygen atoms in total. The van der Waals surface area contributed by atoms with Crippen LogP contribution in [0.5, 0.6) is 0 Å². The Bertz CT molecular complexity index is 677. The Kier molecular flexibility index (Phi) is 4.03. The summed E-state index contributed by atoms with van der Waals surface area (Å²) >= 11 is 0. The molecule has 2 N–H and O–H groups in total. The molecule has 0 bridgehead atoms. The lowest BCUT2D eigenvalue weighted by Crippen LogP contribution is -2.33. The SMILES string of the molecule is Cc1ccccc1C1CC(C)N(C(=O)c2coc(CN)c2)C1. The number of nitrogens with zero attached hydrogens (tertiary/aromatic N) is 1. The van der Waals surface area contributed by atoms with Crippen molar-refractivity contribution in [3.05, 3.63) is 59.0 Å². The molecule has 116 valence electrons. The van der Waals surface area contributed by atoms with Gasteiger partial charge in [0, 0.05) is 18.5 Å². The van der Waals surface area contributed by atoms with Crippen molar-refractivity contribution in [3.8, 4) is 0 Å². The van der Waals surface area contributed by atoms with Crippen LogP contribution in [0.2, 0.25) is 0 Å². The molecule has 22 heavy (non-hydrogen) atoms. The van der Waals surface area contributed by atoms with Gasteiger partial charge in [0.25, 0.3) is 5.91 Å². The monoisotopic (exact) mass is 298 g/mol. The van der Waals surface area contributed by atoms with Crippen molar-refractivity contribution in [1.82, 2.24) is 4.90 Å². The van der Waals surface area contributed by atoms with Gasteiger partial charge < -0.3 is 15.1 Å². The van der Waals surface area contributed by atoms with Crippen molar-refractivity contribution in [2.24, 2.45) is 5.73 Å². The molecule has 0 aliphatic carbocycles. The molecular weight excluding hydrogens is 276 g/mol. The van der Waals surface area contributed by atoms with E-state index in [0.717, 1.165) is 13.0 Å². The lowest BCUT2D eigenvalue weighted by Gasteiger charge is -2.20. The Morgan fingerprint density at radius 2 is 2.18 bits per heavy atom. The number of rotatable bonds is 3. The van der Waals surface area contributed by atoms with Crippen LogP contribution < -0.4 is 5.73 Å². The van der Waals surface area contributed by atoms with Gasteiger partial charge in [-0.2, -0.15) is 0 Å². The zero-order valence-electron chi connectivity index (χ0n) is 13.1. The van der Waals surface area contributed by atoms with Crippen molar-refractivity contribution in [2.75, 3.05) is 6.54 Å². The highest BCUT2D eigenvalue weighted by Gasteiger charge is 2.34. The second-order valence-electron chi connectivity index (χ2n) is 6.10. The molecule has 1 aromatic carbocycles. The minimum Gasteiger partial charge on any atom is -0.467 e. The molecule has 1 aliphatic heterocycles. The van der Waals surface area contributed by atoms with E-state index in [4.69, 9.17) is 10.2 Å². The molecule has 2 unspecified atom stereocenters. The fraction of sp³-hybridized carbons (Fsp3) is 0.389. The van der Waals surface area contributed by atoms with E-state index in [-0.39, 0.29) is 11.9 Å². The van der Waals surface area contributed by atoms with Crippen molar-refractivity contribution in [1.29, 1.82) is 0 Å². The molecule has 1 aromatic heterocycles. The number of likely N-dealkylation sites (tertiary alicyclic amines) is 1. The standard InChI is InChI=1S/C18H22N2O2/c1-12-5-3-4-6-17(12)14-7-13(2)20(10-14)18(21)15-8-16(9-19)22-11-15/h3-6,8,11,13-14H,7,9-10,19H2,1-2H3. The number of hydrogen-bond donors (Lipinski definition) is 1. The van der Waals surface area contributed by atoms with Crippen molar-refractivity contribution in [3.63, 3.8) is 0 Å². The number of hydrogen-bond acceptors (Lipinski definition) is 3. The number of furan rings is 1. The quantitative estimate of drug-likeness (QED) is 0.947. The maximum absolute atomic E-state index is 12.7. The van der Waals surface area contributed by atoms with Crippen LogP contribution in [0, 0.1) is 6.92 Å². The van der Waals surface area contributed by atoms with Crippen molar-refractivity contribution >= 4 is 5.91 Å². The second-order valence-corrected chi connectivity index (χ2v) is 6.10. The predicted octanol–water partition coefficient (Wildman–Crippen LogP) is 3.06. The molecular formula is C18H22N2O2. The van der Waals surface area contributed by atoms with Gasteiger partial charge in [0.2, 0.25) is 0 Å². The molecule has 1 amide bonds. The molecule has 1 aliphatic rings. The van der Waals surface area contributed by atoms with E-state index in [1.54, 1.807) is 6.07 Å². The van der Waals surface area contributed by atoms with E-state index < -0.39 is 0 Å². The lowest BCUT2D eigenvalue weighted by molar-refractivity contribution is 0.0745. The summed E-state index contributed by atoms with van der Waals surface area (Å²) < 4.78 is 5.29. The molecule has 2 atom stereocenters. The number of nitrogens with two attached hydrogens (primary N) is 1. The van der Waals surface area contributed by atoms with Crippen LogP contribution in [-0.4, -0.2) is 23.4 Å². The average Bonchev–Trinajstić information content (AvgIpc) is 3.13. The third kappa shape index (κ3) is 2.66. The van der Waals surface area contributed by atoms with Crippen molar-refractivity contribution in [2.45, 2.75) is 38.8 Å². The second kappa shape index (κ2) is 5.97. The minimum absolute atomic E-state index is 0.0343. The van der Waals surface area contributed by atoms with Gasteiger partial charge in [-0.3, -0.25) is 4.79 Å². The molecule has 3 rings (SSSR count). The zero-order valence-corrected chi connectivity index (χ0v) is 13.1. The van der Waals surface area contributed by atoms with Crippen LogP contribution in [0.15, 0.2) is 41.0 Å². The lowest BCUT2D eigenvalue weighted by atomic mass is 9.93. The number of amides is 1. The number of aryl methyl sites for hydroxylation is 1. The maximum Gasteiger partial charge on any atom is 0.257 e. The van der Waals surface area contributed by atoms with Crippen LogP contribution in [0.25, 0.3) is 0 Å². The maximum atomic E-state index is 12.7. The molecule has 1 saturated heterocycles. The first-order chi connectivity index (χ1) is 10.6. The van der Waals surface area contributed by atoms with Crippen LogP contribution in [0.1, 0.15) is 46.5 Å². The van der Waals surface area contributed by atoms with E-state index in [1.807, 2.05) is 4.90 Å². The van der Waals surface area contributed by atoms with E-state index in [2.05, 4.69) is 38.1 Å². The molecule has 0 spiro atoms. The highest BCUT2D eigenvalue weighted by atomic mass is 16.3. The van der Waals surface area contributed by atoms with Crippen LogP contribution in [0.3, 0.4) is 0 Å². The summed E-state index contributed by atoms with van der Waals surface area (Å²) in [6, 6.07) is 10.4. The van der Waals surface area contributed by atoms with Gasteiger partial charge >= 0.3 is 0 Å². The van der Waals surface area contributed by atoms with Crippen LogP contribution in [-0.2, 0) is 6.54 Å². The van der Waals surface area contributed by atoms with Gasteiger partial charge in [0.15, 0.2) is 0 Å². The van der Waals surface area contributed by atoms with Crippen LogP contribution in [0.4, 0.5) is 0 Å². The average molecular weight is 298 g/mol. The Hall–Kier alpha value is -2.07. The molecule has 2 heterocycles. The van der Waals surface area contributed by atoms with Crippen molar-refractivity contribution < 1.29 is 9.21 Å². The smallest absolute Gasteiger partial charge is 0.257 e. The number of carbonyl (C=O) groups excluding carboxylic acids is 1. The topological polar surface area (TPSA) is 59.5 Å². The molecule has 4 heteroatoms. The van der Waals surface area contributed by atoms with Gasteiger partial charge in [0.1, 0.15) is 12.0 Å². The molecule has 0 saturated carbocycles. The minimum atomic E-state index is 0.0343. The summed E-state index contributed by atoms with van der Waals surface area (Å²) in [6.07, 6.45) is 2.51. The molecule has 1 fully saturated rings. The summed E-state index contributed by atoms with van der Waals surface area (Å²) in [6.45, 7) is 5.32. The molecule has 0 radical (unpaired) electrons. The fourth-order valence-electron chi connectivity index (χ4n) is 3.35. The Balaban J connectivity index is 1.78. The first kappa shape index (κ1) is 14.9. The van der Waals surface area contributed by atoms with Crippen LogP contribution >= 0.6 is 0 Å². The van der Waals surface area contributed by atoms with Gasteiger partial charge in [-0.1, -0.05) is 24.3 Å². The van der Waals surface area contributed by atoms with Gasteiger partial charge in [-0.05, 0) is 37.5 Å². The van der Waals surface area contributed by atoms with E-state index >= 15 is 0 Å².